The highest BCUT2D eigenvalue weighted by Gasteiger charge is 2.09. The molecule has 5 rings (SSSR count). The van der Waals surface area contributed by atoms with Crippen molar-refractivity contribution in [1.29, 1.82) is 0 Å². The average Bonchev–Trinajstić information content (AvgIpc) is 3.19. The number of rotatable bonds is 3. The van der Waals surface area contributed by atoms with E-state index in [2.05, 4.69) is 15.1 Å². The number of benzene rings is 2. The molecule has 5 aromatic rings. The van der Waals surface area contributed by atoms with Crippen molar-refractivity contribution in [3.05, 3.63) is 89.7 Å². The van der Waals surface area contributed by atoms with Crippen LogP contribution in [0.1, 0.15) is 0 Å². The van der Waals surface area contributed by atoms with Crippen molar-refractivity contribution in [3.8, 4) is 17.2 Å². The van der Waals surface area contributed by atoms with Crippen molar-refractivity contribution in [3.63, 3.8) is 0 Å². The molecule has 0 N–H and O–H groups in total. The molecule has 0 fully saturated rings. The van der Waals surface area contributed by atoms with Crippen molar-refractivity contribution in [2.75, 3.05) is 0 Å². The Hall–Kier alpha value is -4.00. The third kappa shape index (κ3) is 2.62. The maximum absolute atomic E-state index is 12.9. The number of pyridine rings is 1. The van der Waals surface area contributed by atoms with E-state index in [0.717, 1.165) is 11.4 Å². The number of para-hydroxylation sites is 1. The number of aromatic nitrogens is 5. The van der Waals surface area contributed by atoms with Gasteiger partial charge in [0.05, 0.1) is 10.9 Å². The fourth-order valence-corrected chi connectivity index (χ4v) is 2.97. The Morgan fingerprint density at radius 1 is 0.852 bits per heavy atom. The molecule has 0 aliphatic carbocycles. The van der Waals surface area contributed by atoms with Crippen LogP contribution in [0.25, 0.3) is 22.4 Å². The van der Waals surface area contributed by atoms with Crippen molar-refractivity contribution >= 4 is 16.7 Å². The topological polar surface area (TPSA) is 74.3 Å². The van der Waals surface area contributed by atoms with Gasteiger partial charge in [-0.2, -0.15) is 14.6 Å². The van der Waals surface area contributed by atoms with Gasteiger partial charge < -0.3 is 4.74 Å². The van der Waals surface area contributed by atoms with Gasteiger partial charge in [0, 0.05) is 18.1 Å². The molecule has 130 valence electrons. The zero-order valence-corrected chi connectivity index (χ0v) is 14.1. The van der Waals surface area contributed by atoms with Crippen molar-refractivity contribution in [2.24, 2.45) is 0 Å². The molecular weight excluding hydrogens is 342 g/mol. The highest BCUT2D eigenvalue weighted by Crippen LogP contribution is 2.22. The fraction of sp³-hybridized carbons (Fsp3) is 0. The Bertz CT molecular complexity index is 1310. The molecule has 7 heteroatoms. The molecule has 0 saturated heterocycles. The van der Waals surface area contributed by atoms with Crippen LogP contribution in [-0.4, -0.2) is 24.1 Å². The number of hydrogen-bond acceptors (Lipinski definition) is 5. The van der Waals surface area contributed by atoms with Crippen LogP contribution < -0.4 is 10.3 Å². The second kappa shape index (κ2) is 6.06. The quantitative estimate of drug-likeness (QED) is 0.497. The highest BCUT2D eigenvalue weighted by molar-refractivity contribution is 5.78. The first-order chi connectivity index (χ1) is 13.3. The van der Waals surface area contributed by atoms with Crippen LogP contribution in [0.5, 0.6) is 11.5 Å². The van der Waals surface area contributed by atoms with Gasteiger partial charge in [0.15, 0.2) is 0 Å². The minimum Gasteiger partial charge on any atom is -0.457 e. The molecule has 0 saturated carbocycles. The van der Waals surface area contributed by atoms with Gasteiger partial charge in [-0.25, -0.2) is 4.98 Å². The molecule has 0 aliphatic heterocycles. The third-order valence-electron chi connectivity index (χ3n) is 4.27. The summed E-state index contributed by atoms with van der Waals surface area (Å²) in [6.45, 7) is 0. The van der Waals surface area contributed by atoms with E-state index < -0.39 is 0 Å². The number of ether oxygens (including phenoxy) is 1. The van der Waals surface area contributed by atoms with Crippen molar-refractivity contribution < 1.29 is 4.74 Å². The Balaban J connectivity index is 1.54. The van der Waals surface area contributed by atoms with Crippen LogP contribution in [0.2, 0.25) is 0 Å². The molecule has 0 aliphatic rings. The van der Waals surface area contributed by atoms with Gasteiger partial charge in [-0.15, -0.1) is 0 Å². The molecule has 3 heterocycles. The van der Waals surface area contributed by atoms with E-state index in [1.807, 2.05) is 60.7 Å². The lowest BCUT2D eigenvalue weighted by atomic mass is 10.2. The SMILES string of the molecule is O=c1c2cnc3ncnn3c2ccn1-c1ccc(Oc2ccccc2)cc1. The van der Waals surface area contributed by atoms with E-state index in [1.165, 1.54) is 12.5 Å². The molecule has 0 spiro atoms. The lowest BCUT2D eigenvalue weighted by molar-refractivity contribution is 0.482. The molecular formula is C20H13N5O2. The second-order valence-corrected chi connectivity index (χ2v) is 5.93. The minimum atomic E-state index is -0.172. The van der Waals surface area contributed by atoms with Gasteiger partial charge >= 0.3 is 0 Å². The van der Waals surface area contributed by atoms with E-state index >= 15 is 0 Å². The minimum absolute atomic E-state index is 0.172. The van der Waals surface area contributed by atoms with Crippen LogP contribution in [0.15, 0.2) is 84.2 Å². The van der Waals surface area contributed by atoms with Crippen LogP contribution in [0, 0.1) is 0 Å². The molecule has 7 nitrogen and oxygen atoms in total. The zero-order chi connectivity index (χ0) is 18.2. The normalized spacial score (nSPS) is 11.1. The Morgan fingerprint density at radius 3 is 2.44 bits per heavy atom. The van der Waals surface area contributed by atoms with E-state index in [0.29, 0.717) is 22.4 Å². The molecule has 0 amide bonds. The molecule has 2 aromatic carbocycles. The Labute approximate surface area is 153 Å². The summed E-state index contributed by atoms with van der Waals surface area (Å²) in [5, 5.41) is 4.59. The first-order valence-electron chi connectivity index (χ1n) is 8.33. The summed E-state index contributed by atoms with van der Waals surface area (Å²) >= 11 is 0. The van der Waals surface area contributed by atoms with E-state index in [4.69, 9.17) is 4.74 Å². The Morgan fingerprint density at radius 2 is 1.63 bits per heavy atom. The monoisotopic (exact) mass is 355 g/mol. The Kier molecular flexibility index (Phi) is 3.43. The summed E-state index contributed by atoms with van der Waals surface area (Å²) in [6, 6.07) is 18.7. The molecule has 0 unspecified atom stereocenters. The predicted octanol–water partition coefficient (Wildman–Crippen LogP) is 3.22. The van der Waals surface area contributed by atoms with Crippen LogP contribution >= 0.6 is 0 Å². The lowest BCUT2D eigenvalue weighted by Crippen LogP contribution is -2.18. The first-order valence-corrected chi connectivity index (χ1v) is 8.33. The van der Waals surface area contributed by atoms with Crippen molar-refractivity contribution in [1.82, 2.24) is 24.1 Å². The molecule has 3 aromatic heterocycles. The maximum atomic E-state index is 12.9. The fourth-order valence-electron chi connectivity index (χ4n) is 2.97. The summed E-state index contributed by atoms with van der Waals surface area (Å²) in [4.78, 5) is 21.1. The number of nitrogens with zero attached hydrogens (tertiary/aromatic N) is 5. The summed E-state index contributed by atoms with van der Waals surface area (Å²) in [5.74, 6) is 1.92. The van der Waals surface area contributed by atoms with Crippen LogP contribution in [0.4, 0.5) is 0 Å². The molecule has 0 atom stereocenters. The standard InChI is InChI=1S/C20H13N5O2/c26-19-17-12-21-20-22-13-23-25(20)18(17)10-11-24(19)14-6-8-16(9-7-14)27-15-4-2-1-3-5-15/h1-13H. The van der Waals surface area contributed by atoms with Gasteiger partial charge in [-0.1, -0.05) is 18.2 Å². The van der Waals surface area contributed by atoms with Gasteiger partial charge in [0.25, 0.3) is 11.3 Å². The largest absolute Gasteiger partial charge is 0.457 e. The summed E-state index contributed by atoms with van der Waals surface area (Å²) in [7, 11) is 0. The summed E-state index contributed by atoms with van der Waals surface area (Å²) in [5.41, 5.74) is 1.23. The van der Waals surface area contributed by atoms with Gasteiger partial charge in [-0.05, 0) is 42.5 Å². The van der Waals surface area contributed by atoms with Gasteiger partial charge in [0.2, 0.25) is 0 Å². The van der Waals surface area contributed by atoms with Crippen LogP contribution in [0.3, 0.4) is 0 Å². The maximum Gasteiger partial charge on any atom is 0.266 e. The van der Waals surface area contributed by atoms with E-state index in [-0.39, 0.29) is 5.56 Å². The third-order valence-corrected chi connectivity index (χ3v) is 4.27. The molecule has 0 bridgehead atoms. The smallest absolute Gasteiger partial charge is 0.266 e. The van der Waals surface area contributed by atoms with Gasteiger partial charge in [0.1, 0.15) is 17.8 Å². The number of fused-ring (bicyclic) bond motifs is 3. The second-order valence-electron chi connectivity index (χ2n) is 5.93. The van der Waals surface area contributed by atoms with E-state index in [1.54, 1.807) is 15.3 Å². The summed E-state index contributed by atoms with van der Waals surface area (Å²) < 4.78 is 8.92. The number of hydrogen-bond donors (Lipinski definition) is 0. The molecule has 0 radical (unpaired) electrons. The van der Waals surface area contributed by atoms with Gasteiger partial charge in [-0.3, -0.25) is 9.36 Å². The molecule has 27 heavy (non-hydrogen) atoms. The zero-order valence-electron chi connectivity index (χ0n) is 14.1. The predicted molar refractivity (Wildman–Crippen MR) is 100 cm³/mol. The lowest BCUT2D eigenvalue weighted by Gasteiger charge is -2.09. The average molecular weight is 355 g/mol. The highest BCUT2D eigenvalue weighted by atomic mass is 16.5. The van der Waals surface area contributed by atoms with E-state index in [9.17, 15) is 4.79 Å². The van der Waals surface area contributed by atoms with Crippen molar-refractivity contribution in [2.45, 2.75) is 0 Å². The summed E-state index contributed by atoms with van der Waals surface area (Å²) in [6.07, 6.45) is 4.67. The van der Waals surface area contributed by atoms with Crippen LogP contribution in [-0.2, 0) is 0 Å². The first kappa shape index (κ1) is 15.3.